The maximum absolute atomic E-state index is 14.3. The second-order valence-corrected chi connectivity index (χ2v) is 15.5. The Morgan fingerprint density at radius 3 is 2.46 bits per heavy atom. The molecule has 0 heterocycles. The van der Waals surface area contributed by atoms with Crippen molar-refractivity contribution in [3.8, 4) is 11.5 Å². The minimum absolute atomic E-state index is 0.0301. The van der Waals surface area contributed by atoms with Gasteiger partial charge in [-0.2, -0.15) is 13.2 Å². The van der Waals surface area contributed by atoms with Gasteiger partial charge in [-0.15, -0.1) is 0 Å². The average molecular weight is 751 g/mol. The number of hydrogen-bond acceptors (Lipinski definition) is 6. The fourth-order valence-electron chi connectivity index (χ4n) is 8.23. The molecular weight excluding hydrogens is 697 g/mol. The van der Waals surface area contributed by atoms with Crippen LogP contribution in [0.3, 0.4) is 0 Å². The number of halogens is 3. The van der Waals surface area contributed by atoms with Crippen molar-refractivity contribution in [2.24, 2.45) is 5.41 Å². The standard InChI is InChI=1S/C43H53F3N2O6/c1-27(2)47-40(51)48(25-31-14-16-34(53-5)24-38(31)54-6)26-42(52)20-18-37-35-17-13-29(21-33(49)15-12-28(3)9-8-19-41(37,42)4)22-36(35)39(50)30-10-7-11-32(23-30)43(44,45)46/h7,9-11,13-14,16-17,22-24,27,33,37,49,52H,8,12,15,18-21,25-26H2,1-6H3,(H,47,51). The summed E-state index contributed by atoms with van der Waals surface area (Å²) < 4.78 is 52.4. The van der Waals surface area contributed by atoms with Gasteiger partial charge in [0.15, 0.2) is 5.78 Å². The number of ketones is 1. The lowest BCUT2D eigenvalue weighted by Gasteiger charge is -2.46. The van der Waals surface area contributed by atoms with E-state index >= 15 is 0 Å². The van der Waals surface area contributed by atoms with Crippen LogP contribution in [0, 0.1) is 5.41 Å². The normalized spacial score (nSPS) is 23.3. The van der Waals surface area contributed by atoms with Crippen LogP contribution >= 0.6 is 0 Å². The zero-order valence-electron chi connectivity index (χ0n) is 32.1. The predicted octanol–water partition coefficient (Wildman–Crippen LogP) is 8.61. The Morgan fingerprint density at radius 1 is 1.02 bits per heavy atom. The molecule has 292 valence electrons. The summed E-state index contributed by atoms with van der Waals surface area (Å²) >= 11 is 0. The lowest BCUT2D eigenvalue weighted by atomic mass is 9.64. The highest BCUT2D eigenvalue weighted by Gasteiger charge is 2.57. The number of nitrogens with one attached hydrogen (secondary N) is 1. The Kier molecular flexibility index (Phi) is 12.5. The number of methoxy groups -OCH3 is 2. The second-order valence-electron chi connectivity index (χ2n) is 15.5. The van der Waals surface area contributed by atoms with Crippen LogP contribution in [-0.2, 0) is 19.1 Å². The molecule has 0 aliphatic heterocycles. The Labute approximate surface area is 316 Å². The molecule has 54 heavy (non-hydrogen) atoms. The molecule has 11 heteroatoms. The van der Waals surface area contributed by atoms with Gasteiger partial charge in [-0.25, -0.2) is 4.79 Å². The minimum Gasteiger partial charge on any atom is -0.497 e. The SMILES string of the molecule is COc1ccc(CN(CC2(O)CCC3c4ccc(cc4C(=O)c4cccc(C(F)(F)F)c4)CC(O)CCC(C)=CCCC32C)C(=O)NC(C)C)c(OC)c1. The third-order valence-electron chi connectivity index (χ3n) is 11.4. The number of allylic oxidation sites excluding steroid dienone is 2. The smallest absolute Gasteiger partial charge is 0.416 e. The number of carbonyl (C=O) groups excluding carboxylic acids is 2. The van der Waals surface area contributed by atoms with E-state index in [4.69, 9.17) is 9.47 Å². The molecular formula is C43H53F3N2O6. The highest BCUT2D eigenvalue weighted by molar-refractivity contribution is 6.10. The summed E-state index contributed by atoms with van der Waals surface area (Å²) in [5.41, 5.74) is 0.0715. The van der Waals surface area contributed by atoms with Crippen LogP contribution in [0.15, 0.2) is 72.3 Å². The number of aliphatic hydroxyl groups is 2. The van der Waals surface area contributed by atoms with Crippen LogP contribution in [0.1, 0.15) is 110 Å². The minimum atomic E-state index is -4.63. The second kappa shape index (κ2) is 16.6. The zero-order chi connectivity index (χ0) is 39.4. The summed E-state index contributed by atoms with van der Waals surface area (Å²) in [6.07, 6.45) is 0.118. The number of urea groups is 1. The fraction of sp³-hybridized carbons (Fsp3) is 0.488. The van der Waals surface area contributed by atoms with Gasteiger partial charge in [-0.1, -0.05) is 42.8 Å². The van der Waals surface area contributed by atoms with Gasteiger partial charge in [-0.3, -0.25) is 4.79 Å². The molecule has 3 aliphatic rings. The molecule has 1 saturated carbocycles. The number of nitrogens with zero attached hydrogens (tertiary/aromatic N) is 1. The monoisotopic (exact) mass is 750 g/mol. The van der Waals surface area contributed by atoms with E-state index < -0.39 is 40.6 Å². The number of hydrogen-bond donors (Lipinski definition) is 3. The number of fused-ring (bicyclic) bond motifs is 8. The number of rotatable bonds is 9. The van der Waals surface area contributed by atoms with E-state index in [0.717, 1.165) is 23.3 Å². The van der Waals surface area contributed by atoms with E-state index in [9.17, 15) is 33.0 Å². The molecule has 0 spiro atoms. The van der Waals surface area contributed by atoms with E-state index in [1.54, 1.807) is 37.3 Å². The molecule has 0 aromatic heterocycles. The van der Waals surface area contributed by atoms with Crippen molar-refractivity contribution in [1.82, 2.24) is 10.2 Å². The van der Waals surface area contributed by atoms with Crippen molar-refractivity contribution in [3.63, 3.8) is 0 Å². The molecule has 3 N–H and O–H groups in total. The molecule has 3 aromatic carbocycles. The average Bonchev–Trinajstić information content (AvgIpc) is 3.38. The van der Waals surface area contributed by atoms with E-state index in [0.29, 0.717) is 61.2 Å². The topological polar surface area (TPSA) is 108 Å². The Morgan fingerprint density at radius 2 is 1.78 bits per heavy atom. The first-order valence-corrected chi connectivity index (χ1v) is 18.6. The van der Waals surface area contributed by atoms with Gasteiger partial charge in [0.25, 0.3) is 0 Å². The van der Waals surface area contributed by atoms with E-state index in [2.05, 4.69) is 11.4 Å². The maximum atomic E-state index is 14.3. The third-order valence-corrected chi connectivity index (χ3v) is 11.4. The largest absolute Gasteiger partial charge is 0.497 e. The quantitative estimate of drug-likeness (QED) is 0.149. The Hall–Kier alpha value is -4.35. The van der Waals surface area contributed by atoms with Crippen molar-refractivity contribution in [3.05, 3.63) is 106 Å². The van der Waals surface area contributed by atoms with Gasteiger partial charge < -0.3 is 29.9 Å². The first-order chi connectivity index (χ1) is 25.5. The molecule has 4 atom stereocenters. The first kappa shape index (κ1) is 40.8. The summed E-state index contributed by atoms with van der Waals surface area (Å²) in [7, 11) is 3.10. The van der Waals surface area contributed by atoms with Gasteiger partial charge in [-0.05, 0) is 113 Å². The Balaban J connectivity index is 1.62. The molecule has 3 aliphatic carbocycles. The zero-order valence-corrected chi connectivity index (χ0v) is 32.1. The number of carbonyl (C=O) groups is 2. The van der Waals surface area contributed by atoms with Crippen LogP contribution in [0.4, 0.5) is 18.0 Å². The molecule has 2 amide bonds. The molecule has 2 bridgehead atoms. The molecule has 8 nitrogen and oxygen atoms in total. The van der Waals surface area contributed by atoms with Crippen molar-refractivity contribution in [1.29, 1.82) is 0 Å². The highest BCUT2D eigenvalue weighted by Crippen LogP contribution is 2.59. The van der Waals surface area contributed by atoms with E-state index in [-0.39, 0.29) is 42.7 Å². The van der Waals surface area contributed by atoms with Crippen molar-refractivity contribution in [2.75, 3.05) is 20.8 Å². The van der Waals surface area contributed by atoms with Crippen LogP contribution in [0.25, 0.3) is 0 Å². The predicted molar refractivity (Wildman–Crippen MR) is 202 cm³/mol. The summed E-state index contributed by atoms with van der Waals surface area (Å²) in [5.74, 6) is 0.171. The molecule has 3 aromatic rings. The Bertz CT molecular complexity index is 1860. The van der Waals surface area contributed by atoms with Gasteiger partial charge in [0.1, 0.15) is 11.5 Å². The van der Waals surface area contributed by atoms with Crippen LogP contribution in [0.2, 0.25) is 0 Å². The molecule has 4 unspecified atom stereocenters. The molecule has 0 saturated heterocycles. The van der Waals surface area contributed by atoms with Crippen molar-refractivity contribution < 1.29 is 42.4 Å². The van der Waals surface area contributed by atoms with Crippen molar-refractivity contribution >= 4 is 11.8 Å². The molecule has 1 fully saturated rings. The summed E-state index contributed by atoms with van der Waals surface area (Å²) in [4.78, 5) is 29.8. The lowest BCUT2D eigenvalue weighted by molar-refractivity contribution is -0.137. The highest BCUT2D eigenvalue weighted by atomic mass is 19.4. The molecule has 0 radical (unpaired) electrons. The van der Waals surface area contributed by atoms with Crippen LogP contribution in [-0.4, -0.2) is 65.4 Å². The van der Waals surface area contributed by atoms with Gasteiger partial charge in [0.05, 0.1) is 44.6 Å². The van der Waals surface area contributed by atoms with Gasteiger partial charge in [0.2, 0.25) is 0 Å². The van der Waals surface area contributed by atoms with Gasteiger partial charge >= 0.3 is 12.2 Å². The lowest BCUT2D eigenvalue weighted by Crippen LogP contribution is -2.55. The number of benzene rings is 3. The number of amides is 2. The number of ether oxygens (including phenoxy) is 2. The fourth-order valence-corrected chi connectivity index (χ4v) is 8.23. The maximum Gasteiger partial charge on any atom is 0.416 e. The number of alkyl halides is 3. The van der Waals surface area contributed by atoms with E-state index in [1.165, 1.54) is 12.1 Å². The summed E-state index contributed by atoms with van der Waals surface area (Å²) in [6, 6.07) is 14.7. The summed E-state index contributed by atoms with van der Waals surface area (Å²) in [6.45, 7) is 7.86. The third kappa shape index (κ3) is 8.95. The first-order valence-electron chi connectivity index (χ1n) is 18.6. The molecule has 6 rings (SSSR count). The summed E-state index contributed by atoms with van der Waals surface area (Å²) in [5, 5.41) is 26.9. The van der Waals surface area contributed by atoms with Gasteiger partial charge in [0, 0.05) is 34.2 Å². The van der Waals surface area contributed by atoms with E-state index in [1.807, 2.05) is 45.9 Å². The van der Waals surface area contributed by atoms with Crippen LogP contribution < -0.4 is 14.8 Å². The number of aliphatic hydroxyl groups excluding tert-OH is 1. The van der Waals surface area contributed by atoms with Crippen molar-refractivity contribution in [2.45, 2.75) is 109 Å². The van der Waals surface area contributed by atoms with Crippen LogP contribution in [0.5, 0.6) is 11.5 Å².